The van der Waals surface area contributed by atoms with Gasteiger partial charge in [-0.3, -0.25) is 38.8 Å². The monoisotopic (exact) mass is 1360 g/mol. The number of aromatic hydroxyl groups is 4. The van der Waals surface area contributed by atoms with Crippen molar-refractivity contribution < 1.29 is 77.5 Å². The van der Waals surface area contributed by atoms with Gasteiger partial charge in [-0.25, -0.2) is 0 Å². The molecule has 0 saturated heterocycles. The summed E-state index contributed by atoms with van der Waals surface area (Å²) in [6.07, 6.45) is 0. The van der Waals surface area contributed by atoms with Crippen LogP contribution in [0.15, 0.2) is 121 Å². The molecule has 0 radical (unpaired) electrons. The highest BCUT2D eigenvalue weighted by Gasteiger charge is 2.43. The van der Waals surface area contributed by atoms with Gasteiger partial charge in [-0.05, 0) is 102 Å². The average Bonchev–Trinajstić information content (AvgIpc) is 0.721. The van der Waals surface area contributed by atoms with E-state index in [4.69, 9.17) is 37.9 Å². The molecule has 0 saturated carbocycles. The number of benzene rings is 8. The van der Waals surface area contributed by atoms with E-state index in [1.165, 1.54) is 0 Å². The highest BCUT2D eigenvalue weighted by molar-refractivity contribution is 5.76. The quantitative estimate of drug-likeness (QED) is 0.0520. The zero-order chi connectivity index (χ0) is 70.2. The SMILES string of the molecule is CCOC(=O)CN1COc2c3cc(c(O)c2C1)C(c1ccc(C)cc1)c1cc(c(O)c2c1OCN(CC(=O)OCC)C2)C(c1ccc(C)cc1)c1cc(c(O)c2c1OCN(CC(=O)OCC)C2)C(c1ccc(C)cc1)c1cc(c(O)c2c1OCN(CC(=O)OCC)C2)C3c1ccc(C)cc1. The molecular weight excluding hydrogens is 1270 g/mol. The van der Waals surface area contributed by atoms with E-state index in [2.05, 4.69) is 0 Å². The number of esters is 4. The molecule has 20 heteroatoms. The van der Waals surface area contributed by atoms with E-state index in [0.717, 1.165) is 22.3 Å². The van der Waals surface area contributed by atoms with Crippen LogP contribution < -0.4 is 18.9 Å². The van der Waals surface area contributed by atoms with Crippen molar-refractivity contribution in [2.45, 2.75) is 105 Å². The maximum absolute atomic E-state index is 13.8. The van der Waals surface area contributed by atoms with E-state index >= 15 is 0 Å². The number of hydrogen-bond acceptors (Lipinski definition) is 20. The van der Waals surface area contributed by atoms with Gasteiger partial charge in [0.05, 0.1) is 74.9 Å². The van der Waals surface area contributed by atoms with Crippen LogP contribution in [0.25, 0.3) is 0 Å². The average molecular weight is 1360 g/mol. The fourth-order valence-corrected chi connectivity index (χ4v) is 14.8. The minimum absolute atomic E-state index is 0.000362. The van der Waals surface area contributed by atoms with Crippen LogP contribution in [0, 0.1) is 27.7 Å². The van der Waals surface area contributed by atoms with Gasteiger partial charge < -0.3 is 58.3 Å². The molecule has 8 aromatic carbocycles. The summed E-state index contributed by atoms with van der Waals surface area (Å²) >= 11 is 0. The fourth-order valence-electron chi connectivity index (χ4n) is 14.8. The first-order chi connectivity index (χ1) is 48.3. The van der Waals surface area contributed by atoms with Crippen LogP contribution in [0.4, 0.5) is 0 Å². The van der Waals surface area contributed by atoms with Crippen LogP contribution in [-0.2, 0) is 64.3 Å². The minimum Gasteiger partial charge on any atom is -0.507 e. The Morgan fingerprint density at radius 3 is 0.700 bits per heavy atom. The molecule has 1 aliphatic carbocycles. The molecule has 100 heavy (non-hydrogen) atoms. The highest BCUT2D eigenvalue weighted by atomic mass is 16.6. The van der Waals surface area contributed by atoms with Crippen molar-refractivity contribution in [1.29, 1.82) is 0 Å². The lowest BCUT2D eigenvalue weighted by molar-refractivity contribution is -0.146. The molecule has 13 rings (SSSR count). The van der Waals surface area contributed by atoms with E-state index in [1.54, 1.807) is 47.3 Å². The first-order valence-corrected chi connectivity index (χ1v) is 34.2. The Morgan fingerprint density at radius 2 is 0.520 bits per heavy atom. The largest absolute Gasteiger partial charge is 0.507 e. The van der Waals surface area contributed by atoms with Crippen LogP contribution in [0.5, 0.6) is 46.0 Å². The number of hydrogen-bond donors (Lipinski definition) is 4. The molecule has 4 heterocycles. The van der Waals surface area contributed by atoms with Gasteiger partial charge in [0, 0.05) is 94.4 Å². The van der Waals surface area contributed by atoms with Crippen LogP contribution in [0.3, 0.4) is 0 Å². The number of carbonyl (C=O) groups is 4. The Kier molecular flexibility index (Phi) is 19.8. The molecule has 0 amide bonds. The fraction of sp³-hybridized carbons (Fsp3) is 0.350. The van der Waals surface area contributed by atoms with E-state index in [0.29, 0.717) is 112 Å². The van der Waals surface area contributed by atoms with Crippen molar-refractivity contribution in [2.24, 2.45) is 0 Å². The second-order valence-electron chi connectivity index (χ2n) is 26.5. The first-order valence-electron chi connectivity index (χ1n) is 34.2. The summed E-state index contributed by atoms with van der Waals surface area (Å²) in [6, 6.07) is 39.6. The van der Waals surface area contributed by atoms with Crippen LogP contribution in [0.2, 0.25) is 0 Å². The third kappa shape index (κ3) is 13.5. The van der Waals surface area contributed by atoms with Crippen molar-refractivity contribution >= 4 is 23.9 Å². The number of phenolic OH excluding ortho intramolecular Hbond substituents is 4. The Hall–Kier alpha value is -10.1. The summed E-state index contributed by atoms with van der Waals surface area (Å²) in [5.74, 6) is -5.29. The Morgan fingerprint density at radius 1 is 0.330 bits per heavy atom. The van der Waals surface area contributed by atoms with Crippen molar-refractivity contribution in [3.8, 4) is 46.0 Å². The number of nitrogens with zero attached hydrogens (tertiary/aromatic N) is 4. The number of carbonyl (C=O) groups excluding carboxylic acids is 4. The molecule has 4 atom stereocenters. The molecule has 0 spiro atoms. The molecule has 4 N–H and O–H groups in total. The summed E-state index contributed by atoms with van der Waals surface area (Å²) in [5.41, 5.74) is 11.6. The normalized spacial score (nSPS) is 18.1. The summed E-state index contributed by atoms with van der Waals surface area (Å²) in [7, 11) is 0. The molecular formula is C80H84N4O16. The second-order valence-corrected chi connectivity index (χ2v) is 26.5. The van der Waals surface area contributed by atoms with Crippen LogP contribution in [-0.4, -0.2) is 143 Å². The van der Waals surface area contributed by atoms with E-state index in [9.17, 15) is 39.6 Å². The number of aryl methyl sites for hydroxylation is 4. The van der Waals surface area contributed by atoms with Gasteiger partial charge in [-0.1, -0.05) is 119 Å². The van der Waals surface area contributed by atoms with Gasteiger partial charge in [0.2, 0.25) is 0 Å². The van der Waals surface area contributed by atoms with Gasteiger partial charge in [-0.2, -0.15) is 0 Å². The van der Waals surface area contributed by atoms with Crippen molar-refractivity contribution in [2.75, 3.05) is 79.5 Å². The third-order valence-corrected chi connectivity index (χ3v) is 19.5. The number of ether oxygens (including phenoxy) is 8. The number of rotatable bonds is 16. The summed E-state index contributed by atoms with van der Waals surface area (Å²) < 4.78 is 50.0. The Bertz CT molecular complexity index is 3880. The first kappa shape index (κ1) is 68.4. The predicted molar refractivity (Wildman–Crippen MR) is 371 cm³/mol. The van der Waals surface area contributed by atoms with Crippen LogP contribution in [0.1, 0.15) is 163 Å². The van der Waals surface area contributed by atoms with Gasteiger partial charge in [0.25, 0.3) is 0 Å². The standard InChI is InChI=1S/C80H84N4O16/c1-9-93-65(85)37-81-33-61-73(89)53-29-57(77(61)97-41-81)70(50-23-15-46(6)16-24-50)54-30-59(79-62(74(54)90)34-82(43-99-79)38-66(86)94-10-2)72(52-27-19-48(8)20-28-52)56-32-60(80-64(76(56)92)36-84(44-100-80)40-68(88)96-12-4)71(51-25-17-47(7)18-26-51)55-31-58(69(53)49-21-13-45(5)14-22-49)78-63(75(55)91)35-83(42-98-78)39-67(87)95-11-3/h13-32,69-72,89-92H,9-12,33-44H2,1-8H3. The molecule has 4 aliphatic heterocycles. The summed E-state index contributed by atoms with van der Waals surface area (Å²) in [6.45, 7) is 14.4. The molecule has 5 aliphatic rings. The molecule has 20 nitrogen and oxygen atoms in total. The molecule has 8 bridgehead atoms. The van der Waals surface area contributed by atoms with Gasteiger partial charge in [0.15, 0.2) is 0 Å². The minimum atomic E-state index is -0.972. The van der Waals surface area contributed by atoms with Crippen LogP contribution >= 0.6 is 0 Å². The smallest absolute Gasteiger partial charge is 0.320 e. The van der Waals surface area contributed by atoms with Crippen molar-refractivity contribution in [3.05, 3.63) is 233 Å². The second kappa shape index (κ2) is 29.0. The topological polar surface area (TPSA) is 236 Å². The maximum Gasteiger partial charge on any atom is 0.320 e. The van der Waals surface area contributed by atoms with Crippen molar-refractivity contribution in [3.63, 3.8) is 0 Å². The van der Waals surface area contributed by atoms with E-state index in [1.807, 2.05) is 149 Å². The van der Waals surface area contributed by atoms with Gasteiger partial charge in [0.1, 0.15) is 72.9 Å². The summed E-state index contributed by atoms with van der Waals surface area (Å²) in [5, 5.41) is 55.3. The molecule has 0 aromatic heterocycles. The van der Waals surface area contributed by atoms with Crippen molar-refractivity contribution in [1.82, 2.24) is 19.6 Å². The lowest BCUT2D eigenvalue weighted by atomic mass is 9.73. The lowest BCUT2D eigenvalue weighted by Gasteiger charge is -2.38. The van der Waals surface area contributed by atoms with Gasteiger partial charge in [-0.15, -0.1) is 0 Å². The lowest BCUT2D eigenvalue weighted by Crippen LogP contribution is -2.38. The summed E-state index contributed by atoms with van der Waals surface area (Å²) in [4.78, 5) is 61.1. The predicted octanol–water partition coefficient (Wildman–Crippen LogP) is 11.6. The molecule has 8 aromatic rings. The Labute approximate surface area is 581 Å². The molecule has 4 unspecified atom stereocenters. The Balaban J connectivity index is 1.23. The highest BCUT2D eigenvalue weighted by Crippen LogP contribution is 2.59. The third-order valence-electron chi connectivity index (χ3n) is 19.5. The number of fused-ring (bicyclic) bond motifs is 16. The molecule has 520 valence electrons. The zero-order valence-corrected chi connectivity index (χ0v) is 57.6. The molecule has 0 fully saturated rings. The van der Waals surface area contributed by atoms with E-state index < -0.39 is 47.5 Å². The van der Waals surface area contributed by atoms with Gasteiger partial charge >= 0.3 is 23.9 Å². The zero-order valence-electron chi connectivity index (χ0n) is 57.6. The maximum atomic E-state index is 13.8. The number of phenols is 4. The van der Waals surface area contributed by atoms with E-state index in [-0.39, 0.29) is 129 Å².